The Balaban J connectivity index is 2.01. The van der Waals surface area contributed by atoms with E-state index in [1.165, 1.54) is 5.56 Å². The molecule has 0 atom stereocenters. The Morgan fingerprint density at radius 3 is 3.05 bits per heavy atom. The molecule has 19 heavy (non-hydrogen) atoms. The maximum Gasteiger partial charge on any atom is 0.210 e. The third-order valence-electron chi connectivity index (χ3n) is 3.63. The Kier molecular flexibility index (Phi) is 2.85. The summed E-state index contributed by atoms with van der Waals surface area (Å²) in [6.07, 6.45) is 4.52. The van der Waals surface area contributed by atoms with Gasteiger partial charge in [-0.25, -0.2) is 0 Å². The van der Waals surface area contributed by atoms with Crippen LogP contribution in [0.3, 0.4) is 0 Å². The molecule has 3 rings (SSSR count). The van der Waals surface area contributed by atoms with Gasteiger partial charge in [-0.1, -0.05) is 0 Å². The molecular weight excluding hydrogens is 242 g/mol. The first-order valence-corrected chi connectivity index (χ1v) is 6.43. The molecule has 100 valence electrons. The summed E-state index contributed by atoms with van der Waals surface area (Å²) in [6, 6.07) is 0. The van der Waals surface area contributed by atoms with Crippen LogP contribution in [-0.4, -0.2) is 46.4 Å². The van der Waals surface area contributed by atoms with Crippen molar-refractivity contribution in [1.82, 2.24) is 14.7 Å². The summed E-state index contributed by atoms with van der Waals surface area (Å²) < 4.78 is 1.81. The highest BCUT2D eigenvalue weighted by atomic mass is 16.1. The van der Waals surface area contributed by atoms with Crippen LogP contribution in [0.25, 0.3) is 0 Å². The number of nitrogens with zero attached hydrogens (tertiary/aromatic N) is 4. The zero-order chi connectivity index (χ0) is 13.4. The van der Waals surface area contributed by atoms with Crippen molar-refractivity contribution in [2.24, 2.45) is 17.8 Å². The minimum atomic E-state index is 0.532. The number of carbonyl (C=O) groups is 1. The lowest BCUT2D eigenvalue weighted by atomic mass is 9.95. The molecule has 0 radical (unpaired) electrons. The van der Waals surface area contributed by atoms with Gasteiger partial charge in [0.2, 0.25) is 6.41 Å². The summed E-state index contributed by atoms with van der Waals surface area (Å²) in [4.78, 5) is 17.3. The van der Waals surface area contributed by atoms with Crippen LogP contribution >= 0.6 is 0 Å². The molecule has 0 saturated carbocycles. The molecule has 0 bridgehead atoms. The van der Waals surface area contributed by atoms with Gasteiger partial charge in [-0.15, -0.1) is 0 Å². The van der Waals surface area contributed by atoms with Gasteiger partial charge in [-0.3, -0.25) is 14.5 Å². The van der Waals surface area contributed by atoms with Gasteiger partial charge < -0.3 is 10.6 Å². The summed E-state index contributed by atoms with van der Waals surface area (Å²) in [6.45, 7) is 1.97. The number of aromatic nitrogens is 2. The maximum absolute atomic E-state index is 10.9. The number of amides is 1. The summed E-state index contributed by atoms with van der Waals surface area (Å²) in [5, 5.41) is 4.48. The summed E-state index contributed by atoms with van der Waals surface area (Å²) in [5.74, 6) is 0. The monoisotopic (exact) mass is 259 g/mol. The SMILES string of the molecule is Cn1cc2c(n1)C(C1=C(N)CCN(C=O)C1)=NCC2. The lowest BCUT2D eigenvalue weighted by molar-refractivity contribution is -0.117. The quantitative estimate of drug-likeness (QED) is 0.750. The number of nitrogens with two attached hydrogens (primary N) is 1. The Labute approximate surface area is 111 Å². The second-order valence-electron chi connectivity index (χ2n) is 4.99. The first-order valence-electron chi connectivity index (χ1n) is 6.43. The molecule has 2 aliphatic heterocycles. The van der Waals surface area contributed by atoms with Gasteiger partial charge >= 0.3 is 0 Å². The predicted octanol–water partition coefficient (Wildman–Crippen LogP) is -0.160. The van der Waals surface area contributed by atoms with E-state index in [0.717, 1.165) is 42.1 Å². The maximum atomic E-state index is 10.9. The number of hydrogen-bond acceptors (Lipinski definition) is 4. The smallest absolute Gasteiger partial charge is 0.210 e. The number of aliphatic imine (C=N–C) groups is 1. The first kappa shape index (κ1) is 12.0. The van der Waals surface area contributed by atoms with Crippen LogP contribution in [0.4, 0.5) is 0 Å². The average molecular weight is 259 g/mol. The van der Waals surface area contributed by atoms with E-state index in [1.807, 2.05) is 17.9 Å². The van der Waals surface area contributed by atoms with Gasteiger partial charge in [0.05, 0.1) is 5.71 Å². The lowest BCUT2D eigenvalue weighted by Crippen LogP contribution is -2.36. The van der Waals surface area contributed by atoms with Crippen molar-refractivity contribution in [3.05, 3.63) is 28.7 Å². The van der Waals surface area contributed by atoms with Crippen molar-refractivity contribution in [3.63, 3.8) is 0 Å². The van der Waals surface area contributed by atoms with E-state index in [1.54, 1.807) is 4.90 Å². The molecule has 0 fully saturated rings. The predicted molar refractivity (Wildman–Crippen MR) is 71.8 cm³/mol. The fraction of sp³-hybridized carbons (Fsp3) is 0.462. The number of fused-ring (bicyclic) bond motifs is 1. The van der Waals surface area contributed by atoms with Gasteiger partial charge in [0.25, 0.3) is 0 Å². The molecule has 0 unspecified atom stereocenters. The normalized spacial score (nSPS) is 19.2. The molecule has 0 spiro atoms. The molecule has 3 heterocycles. The van der Waals surface area contributed by atoms with Crippen molar-refractivity contribution >= 4 is 12.1 Å². The molecule has 1 aromatic heterocycles. The second-order valence-corrected chi connectivity index (χ2v) is 4.99. The average Bonchev–Trinajstić information content (AvgIpc) is 2.79. The number of aryl methyl sites for hydroxylation is 1. The van der Waals surface area contributed by atoms with Crippen LogP contribution < -0.4 is 5.73 Å². The summed E-state index contributed by atoms with van der Waals surface area (Å²) in [5.41, 5.74) is 10.9. The molecular formula is C13H17N5O. The summed E-state index contributed by atoms with van der Waals surface area (Å²) >= 11 is 0. The molecule has 2 aliphatic rings. The zero-order valence-electron chi connectivity index (χ0n) is 11.0. The molecule has 0 saturated heterocycles. The van der Waals surface area contributed by atoms with Gasteiger partial charge in [0, 0.05) is 56.1 Å². The van der Waals surface area contributed by atoms with Crippen LogP contribution in [0.2, 0.25) is 0 Å². The molecule has 1 aromatic rings. The molecule has 6 nitrogen and oxygen atoms in total. The topological polar surface area (TPSA) is 76.5 Å². The molecule has 2 N–H and O–H groups in total. The van der Waals surface area contributed by atoms with Crippen LogP contribution in [0, 0.1) is 0 Å². The van der Waals surface area contributed by atoms with Gasteiger partial charge in [0.15, 0.2) is 0 Å². The van der Waals surface area contributed by atoms with Crippen molar-refractivity contribution in [1.29, 1.82) is 0 Å². The molecule has 0 aliphatic carbocycles. The van der Waals surface area contributed by atoms with Crippen LogP contribution in [0.1, 0.15) is 17.7 Å². The summed E-state index contributed by atoms with van der Waals surface area (Å²) in [7, 11) is 1.91. The van der Waals surface area contributed by atoms with Crippen molar-refractivity contribution < 1.29 is 4.79 Å². The minimum absolute atomic E-state index is 0.532. The first-order chi connectivity index (χ1) is 9.19. The van der Waals surface area contributed by atoms with E-state index in [-0.39, 0.29) is 0 Å². The van der Waals surface area contributed by atoms with E-state index in [9.17, 15) is 4.79 Å². The molecule has 0 aromatic carbocycles. The van der Waals surface area contributed by atoms with Crippen LogP contribution in [-0.2, 0) is 18.3 Å². The number of hydrogen-bond donors (Lipinski definition) is 1. The van der Waals surface area contributed by atoms with Crippen LogP contribution in [0.5, 0.6) is 0 Å². The second kappa shape index (κ2) is 4.53. The standard InChI is InChI=1S/C13H17N5O/c1-17-6-9-2-4-15-13(12(9)16-17)10-7-18(8-19)5-3-11(10)14/h6,8H,2-5,7,14H2,1H3. The van der Waals surface area contributed by atoms with Crippen LogP contribution in [0.15, 0.2) is 22.5 Å². The Bertz CT molecular complexity index is 584. The Morgan fingerprint density at radius 2 is 2.26 bits per heavy atom. The highest BCUT2D eigenvalue weighted by Crippen LogP contribution is 2.23. The van der Waals surface area contributed by atoms with Crippen molar-refractivity contribution in [2.45, 2.75) is 12.8 Å². The van der Waals surface area contributed by atoms with E-state index < -0.39 is 0 Å². The van der Waals surface area contributed by atoms with Gasteiger partial charge in [0.1, 0.15) is 5.69 Å². The van der Waals surface area contributed by atoms with E-state index in [0.29, 0.717) is 19.5 Å². The van der Waals surface area contributed by atoms with Gasteiger partial charge in [-0.2, -0.15) is 5.10 Å². The van der Waals surface area contributed by atoms with Gasteiger partial charge in [-0.05, 0) is 6.42 Å². The van der Waals surface area contributed by atoms with E-state index in [4.69, 9.17) is 5.73 Å². The van der Waals surface area contributed by atoms with E-state index >= 15 is 0 Å². The number of rotatable bonds is 2. The Morgan fingerprint density at radius 1 is 1.42 bits per heavy atom. The fourth-order valence-electron chi connectivity index (χ4n) is 2.64. The largest absolute Gasteiger partial charge is 0.402 e. The highest BCUT2D eigenvalue weighted by Gasteiger charge is 2.26. The molecule has 6 heteroatoms. The zero-order valence-corrected chi connectivity index (χ0v) is 11.0. The third kappa shape index (κ3) is 2.03. The Hall–Kier alpha value is -2.11. The van der Waals surface area contributed by atoms with Crippen molar-refractivity contribution in [3.8, 4) is 0 Å². The highest BCUT2D eigenvalue weighted by molar-refractivity contribution is 6.13. The third-order valence-corrected chi connectivity index (χ3v) is 3.63. The minimum Gasteiger partial charge on any atom is -0.402 e. The molecule has 1 amide bonds. The van der Waals surface area contributed by atoms with Crippen molar-refractivity contribution in [2.75, 3.05) is 19.6 Å². The number of carbonyl (C=O) groups excluding carboxylic acids is 1. The lowest BCUT2D eigenvalue weighted by Gasteiger charge is -2.27. The fourth-order valence-corrected chi connectivity index (χ4v) is 2.64. The van der Waals surface area contributed by atoms with E-state index in [2.05, 4.69) is 10.1 Å².